The molecule has 2 aromatic heterocycles. The minimum Gasteiger partial charge on any atom is -0.506 e. The highest BCUT2D eigenvalue weighted by molar-refractivity contribution is 7.22. The molecule has 0 bridgehead atoms. The largest absolute Gasteiger partial charge is 0.506 e. The normalized spacial score (nSPS) is 11.0. The lowest BCUT2D eigenvalue weighted by molar-refractivity contribution is -0.384. The first-order valence-corrected chi connectivity index (χ1v) is 9.61. The Hall–Kier alpha value is -3.36. The fraction of sp³-hybridized carbons (Fsp3) is 0.0500. The van der Waals surface area contributed by atoms with E-state index in [1.165, 1.54) is 29.5 Å². The summed E-state index contributed by atoms with van der Waals surface area (Å²) in [5, 5.41) is 22.1. The van der Waals surface area contributed by atoms with E-state index in [2.05, 4.69) is 4.98 Å². The fourth-order valence-electron chi connectivity index (χ4n) is 3.01. The molecule has 29 heavy (non-hydrogen) atoms. The van der Waals surface area contributed by atoms with Gasteiger partial charge < -0.3 is 14.8 Å². The van der Waals surface area contributed by atoms with Crippen LogP contribution in [-0.4, -0.2) is 15.0 Å². The molecule has 0 atom stereocenters. The monoisotopic (exact) mass is 428 g/mol. The molecule has 0 saturated carbocycles. The highest BCUT2D eigenvalue weighted by Crippen LogP contribution is 2.41. The molecule has 9 heteroatoms. The lowest BCUT2D eigenvalue weighted by Gasteiger charge is -2.08. The SMILES string of the molecule is Cc1c(Cl)sc2[nH]c(=O)c(-c3ccc(Oc4cccc([N+](=O)[O-])c4)cc3)c(O)c12. The Morgan fingerprint density at radius 3 is 2.59 bits per heavy atom. The molecule has 7 nitrogen and oxygen atoms in total. The number of hydrogen-bond donors (Lipinski definition) is 2. The smallest absolute Gasteiger partial charge is 0.273 e. The first-order valence-electron chi connectivity index (χ1n) is 8.41. The number of nitrogens with one attached hydrogen (secondary N) is 1. The highest BCUT2D eigenvalue weighted by atomic mass is 35.5. The van der Waals surface area contributed by atoms with Crippen LogP contribution in [0.15, 0.2) is 53.3 Å². The molecule has 0 aliphatic heterocycles. The molecule has 0 aliphatic carbocycles. The third-order valence-corrected chi connectivity index (χ3v) is 5.93. The molecule has 0 aliphatic rings. The van der Waals surface area contributed by atoms with Crippen LogP contribution in [0.4, 0.5) is 5.69 Å². The van der Waals surface area contributed by atoms with Gasteiger partial charge in [-0.3, -0.25) is 14.9 Å². The zero-order valence-corrected chi connectivity index (χ0v) is 16.5. The van der Waals surface area contributed by atoms with Crippen molar-refractivity contribution in [3.05, 3.63) is 78.9 Å². The lowest BCUT2D eigenvalue weighted by Crippen LogP contribution is -2.08. The van der Waals surface area contributed by atoms with Crippen LogP contribution >= 0.6 is 22.9 Å². The van der Waals surface area contributed by atoms with Crippen LogP contribution in [0.2, 0.25) is 4.34 Å². The van der Waals surface area contributed by atoms with Gasteiger partial charge in [-0.2, -0.15) is 0 Å². The Labute approximate surface area is 172 Å². The van der Waals surface area contributed by atoms with Gasteiger partial charge in [-0.25, -0.2) is 0 Å². The Bertz CT molecular complexity index is 1310. The van der Waals surface area contributed by atoms with Crippen molar-refractivity contribution < 1.29 is 14.8 Å². The number of fused-ring (bicyclic) bond motifs is 1. The van der Waals surface area contributed by atoms with E-state index in [0.29, 0.717) is 37.2 Å². The summed E-state index contributed by atoms with van der Waals surface area (Å²) in [5.41, 5.74) is 0.831. The van der Waals surface area contributed by atoms with E-state index in [-0.39, 0.29) is 17.0 Å². The fourth-order valence-corrected chi connectivity index (χ4v) is 4.27. The van der Waals surface area contributed by atoms with E-state index in [1.807, 2.05) is 0 Å². The third-order valence-electron chi connectivity index (χ3n) is 4.42. The Morgan fingerprint density at radius 1 is 1.17 bits per heavy atom. The molecule has 2 aromatic carbocycles. The molecule has 146 valence electrons. The van der Waals surface area contributed by atoms with E-state index in [4.69, 9.17) is 16.3 Å². The highest BCUT2D eigenvalue weighted by Gasteiger charge is 2.19. The molecular formula is C20H13ClN2O5S. The van der Waals surface area contributed by atoms with Crippen molar-refractivity contribution in [3.8, 4) is 28.4 Å². The molecule has 0 amide bonds. The maximum atomic E-state index is 12.5. The lowest BCUT2D eigenvalue weighted by atomic mass is 10.0. The number of pyridine rings is 1. The van der Waals surface area contributed by atoms with Crippen molar-refractivity contribution in [2.75, 3.05) is 0 Å². The topological polar surface area (TPSA) is 105 Å². The number of aromatic hydroxyl groups is 1. The number of halogens is 1. The van der Waals surface area contributed by atoms with Crippen molar-refractivity contribution in [2.24, 2.45) is 0 Å². The summed E-state index contributed by atoms with van der Waals surface area (Å²) in [7, 11) is 0. The predicted molar refractivity (Wildman–Crippen MR) is 112 cm³/mol. The number of nitrogens with zero attached hydrogens (tertiary/aromatic N) is 1. The van der Waals surface area contributed by atoms with Gasteiger partial charge >= 0.3 is 0 Å². The predicted octanol–water partition coefficient (Wildman–Crippen LogP) is 5.62. The number of benzene rings is 2. The van der Waals surface area contributed by atoms with Gasteiger partial charge in [0.1, 0.15) is 22.1 Å². The summed E-state index contributed by atoms with van der Waals surface area (Å²) in [6, 6.07) is 12.3. The van der Waals surface area contributed by atoms with Gasteiger partial charge in [0.05, 0.1) is 26.3 Å². The number of H-pyrrole nitrogens is 1. The molecule has 4 rings (SSSR count). The average molecular weight is 429 g/mol. The van der Waals surface area contributed by atoms with Gasteiger partial charge in [0.2, 0.25) is 0 Å². The van der Waals surface area contributed by atoms with Gasteiger partial charge in [-0.05, 0) is 36.2 Å². The summed E-state index contributed by atoms with van der Waals surface area (Å²) >= 11 is 7.33. The van der Waals surface area contributed by atoms with Crippen LogP contribution in [0.3, 0.4) is 0 Å². The van der Waals surface area contributed by atoms with Crippen molar-refractivity contribution in [2.45, 2.75) is 6.92 Å². The van der Waals surface area contributed by atoms with Crippen LogP contribution in [0, 0.1) is 17.0 Å². The summed E-state index contributed by atoms with van der Waals surface area (Å²) in [6.07, 6.45) is 0. The molecule has 2 N–H and O–H groups in total. The van der Waals surface area contributed by atoms with Gasteiger partial charge in [0.15, 0.2) is 0 Å². The Morgan fingerprint density at radius 2 is 1.90 bits per heavy atom. The summed E-state index contributed by atoms with van der Waals surface area (Å²) in [5.74, 6) is 0.621. The van der Waals surface area contributed by atoms with Crippen molar-refractivity contribution in [1.82, 2.24) is 4.98 Å². The zero-order chi connectivity index (χ0) is 20.7. The second kappa shape index (κ2) is 7.23. The molecule has 0 fully saturated rings. The van der Waals surface area contributed by atoms with Crippen LogP contribution in [-0.2, 0) is 0 Å². The van der Waals surface area contributed by atoms with Crippen LogP contribution in [0.25, 0.3) is 21.3 Å². The second-order valence-corrected chi connectivity index (χ2v) is 7.89. The van der Waals surface area contributed by atoms with Crippen molar-refractivity contribution >= 4 is 38.8 Å². The Kier molecular flexibility index (Phi) is 4.73. The van der Waals surface area contributed by atoms with Crippen molar-refractivity contribution in [1.29, 1.82) is 0 Å². The summed E-state index contributed by atoms with van der Waals surface area (Å²) in [6.45, 7) is 1.78. The zero-order valence-electron chi connectivity index (χ0n) is 14.9. The quantitative estimate of drug-likeness (QED) is 0.324. The van der Waals surface area contributed by atoms with E-state index in [1.54, 1.807) is 37.3 Å². The van der Waals surface area contributed by atoms with Crippen LogP contribution in [0.1, 0.15) is 5.56 Å². The van der Waals surface area contributed by atoms with E-state index in [0.717, 1.165) is 0 Å². The molecular weight excluding hydrogens is 416 g/mol. The van der Waals surface area contributed by atoms with E-state index in [9.17, 15) is 20.0 Å². The number of hydrogen-bond acceptors (Lipinski definition) is 6. The Balaban J connectivity index is 1.70. The maximum absolute atomic E-state index is 12.5. The van der Waals surface area contributed by atoms with Crippen molar-refractivity contribution in [3.63, 3.8) is 0 Å². The minimum atomic E-state index is -0.500. The number of thiophene rings is 1. The molecule has 2 heterocycles. The number of non-ortho nitro benzene ring substituents is 1. The first-order chi connectivity index (χ1) is 13.8. The minimum absolute atomic E-state index is 0.0753. The van der Waals surface area contributed by atoms with Crippen LogP contribution in [0.5, 0.6) is 17.2 Å². The number of nitro groups is 1. The number of aromatic amines is 1. The van der Waals surface area contributed by atoms with Gasteiger partial charge in [0.25, 0.3) is 11.2 Å². The summed E-state index contributed by atoms with van der Waals surface area (Å²) in [4.78, 5) is 26.2. The van der Waals surface area contributed by atoms with Gasteiger partial charge in [0, 0.05) is 6.07 Å². The van der Waals surface area contributed by atoms with E-state index < -0.39 is 10.5 Å². The molecule has 4 aromatic rings. The standard InChI is InChI=1S/C20H13ClN2O5S/c1-10-15-17(24)16(19(25)22-20(15)29-18(10)21)11-5-7-13(8-6-11)28-14-4-2-3-12(9-14)23(26)27/h2-9H,1H3,(H2,22,24,25). The average Bonchev–Trinajstić information content (AvgIpc) is 2.97. The maximum Gasteiger partial charge on any atom is 0.273 e. The molecule has 0 unspecified atom stereocenters. The molecule has 0 radical (unpaired) electrons. The molecule has 0 saturated heterocycles. The van der Waals surface area contributed by atoms with E-state index >= 15 is 0 Å². The molecule has 0 spiro atoms. The van der Waals surface area contributed by atoms with Crippen LogP contribution < -0.4 is 10.3 Å². The van der Waals surface area contributed by atoms with Gasteiger partial charge in [-0.15, -0.1) is 11.3 Å². The second-order valence-electron chi connectivity index (χ2n) is 6.26. The number of rotatable bonds is 4. The summed E-state index contributed by atoms with van der Waals surface area (Å²) < 4.78 is 6.15. The first kappa shape index (κ1) is 19.0. The number of ether oxygens (including phenoxy) is 1. The number of aromatic nitrogens is 1. The third kappa shape index (κ3) is 3.43. The number of nitro benzene ring substituents is 1. The van der Waals surface area contributed by atoms with Gasteiger partial charge in [-0.1, -0.05) is 29.8 Å². The number of aryl methyl sites for hydroxylation is 1.